The lowest BCUT2D eigenvalue weighted by Gasteiger charge is -1.92. The van der Waals surface area contributed by atoms with Crippen molar-refractivity contribution in [3.63, 3.8) is 0 Å². The first kappa shape index (κ1) is 9.09. The Labute approximate surface area is 92.0 Å². The highest BCUT2D eigenvalue weighted by Gasteiger charge is 2.03. The van der Waals surface area contributed by atoms with Gasteiger partial charge < -0.3 is 4.40 Å². The van der Waals surface area contributed by atoms with Crippen molar-refractivity contribution >= 4 is 5.65 Å². The Kier molecular flexibility index (Phi) is 1.96. The van der Waals surface area contributed by atoms with E-state index in [0.717, 1.165) is 11.3 Å². The second-order valence-corrected chi connectivity index (χ2v) is 3.60. The van der Waals surface area contributed by atoms with Crippen molar-refractivity contribution in [2.24, 2.45) is 0 Å². The van der Waals surface area contributed by atoms with Gasteiger partial charge in [-0.05, 0) is 6.07 Å². The van der Waals surface area contributed by atoms with E-state index in [0.29, 0.717) is 5.65 Å². The molecule has 0 bridgehead atoms. The topological polar surface area (TPSA) is 17.3 Å². The molecule has 0 N–H and O–H groups in total. The highest BCUT2D eigenvalue weighted by molar-refractivity contribution is 5.62. The van der Waals surface area contributed by atoms with Gasteiger partial charge in [-0.15, -0.1) is 0 Å². The van der Waals surface area contributed by atoms with Crippen LogP contribution in [-0.2, 0) is 0 Å². The molecule has 16 heavy (non-hydrogen) atoms. The van der Waals surface area contributed by atoms with Crippen LogP contribution in [0.25, 0.3) is 16.9 Å². The Morgan fingerprint density at radius 2 is 1.88 bits per heavy atom. The third kappa shape index (κ3) is 1.46. The summed E-state index contributed by atoms with van der Waals surface area (Å²) in [6.45, 7) is 0. The predicted molar refractivity (Wildman–Crippen MR) is 60.6 cm³/mol. The molecule has 0 atom stereocenters. The first-order valence-electron chi connectivity index (χ1n) is 5.02. The molecule has 2 heterocycles. The summed E-state index contributed by atoms with van der Waals surface area (Å²) in [5, 5.41) is 0. The van der Waals surface area contributed by atoms with Gasteiger partial charge in [-0.3, -0.25) is 0 Å². The van der Waals surface area contributed by atoms with E-state index in [1.54, 1.807) is 6.20 Å². The van der Waals surface area contributed by atoms with E-state index in [1.807, 2.05) is 40.9 Å². The van der Waals surface area contributed by atoms with E-state index >= 15 is 0 Å². The first-order chi connectivity index (χ1) is 7.83. The quantitative estimate of drug-likeness (QED) is 0.605. The van der Waals surface area contributed by atoms with Crippen LogP contribution in [0.5, 0.6) is 0 Å². The van der Waals surface area contributed by atoms with Crippen LogP contribution < -0.4 is 0 Å². The minimum Gasteiger partial charge on any atom is -0.306 e. The number of nitrogens with zero attached hydrogens (tertiary/aromatic N) is 2. The molecule has 0 amide bonds. The number of hydrogen-bond donors (Lipinski definition) is 0. The summed E-state index contributed by atoms with van der Waals surface area (Å²) in [6.07, 6.45) is 3.56. The molecule has 0 saturated heterocycles. The van der Waals surface area contributed by atoms with Crippen molar-refractivity contribution in [2.75, 3.05) is 0 Å². The average molecular weight is 212 g/mol. The summed E-state index contributed by atoms with van der Waals surface area (Å²) in [5.74, 6) is -0.266. The van der Waals surface area contributed by atoms with Crippen LogP contribution in [0.4, 0.5) is 4.39 Å². The fourth-order valence-electron chi connectivity index (χ4n) is 1.71. The number of fused-ring (bicyclic) bond motifs is 1. The SMILES string of the molecule is Fc1ccn2cc(-c3ccccc3)nc2c1. The van der Waals surface area contributed by atoms with Crippen molar-refractivity contribution in [1.82, 2.24) is 9.38 Å². The Morgan fingerprint density at radius 1 is 1.06 bits per heavy atom. The number of pyridine rings is 1. The van der Waals surface area contributed by atoms with Crippen LogP contribution in [-0.4, -0.2) is 9.38 Å². The highest BCUT2D eigenvalue weighted by Crippen LogP contribution is 2.18. The fourth-order valence-corrected chi connectivity index (χ4v) is 1.71. The van der Waals surface area contributed by atoms with Gasteiger partial charge in [0.05, 0.1) is 5.69 Å². The maximum absolute atomic E-state index is 13.0. The van der Waals surface area contributed by atoms with E-state index < -0.39 is 0 Å². The van der Waals surface area contributed by atoms with Crippen LogP contribution in [0.15, 0.2) is 54.9 Å². The van der Waals surface area contributed by atoms with E-state index in [-0.39, 0.29) is 5.82 Å². The van der Waals surface area contributed by atoms with Crippen molar-refractivity contribution in [2.45, 2.75) is 0 Å². The molecule has 2 nitrogen and oxygen atoms in total. The predicted octanol–water partition coefficient (Wildman–Crippen LogP) is 3.14. The fraction of sp³-hybridized carbons (Fsp3) is 0. The molecule has 0 unspecified atom stereocenters. The van der Waals surface area contributed by atoms with Gasteiger partial charge in [-0.1, -0.05) is 30.3 Å². The minimum absolute atomic E-state index is 0.266. The molecule has 3 aromatic rings. The van der Waals surface area contributed by atoms with Crippen molar-refractivity contribution in [3.05, 3.63) is 60.7 Å². The Hall–Kier alpha value is -2.16. The molecular weight excluding hydrogens is 203 g/mol. The average Bonchev–Trinajstić information content (AvgIpc) is 2.73. The zero-order valence-corrected chi connectivity index (χ0v) is 8.47. The summed E-state index contributed by atoms with van der Waals surface area (Å²) in [4.78, 5) is 4.37. The van der Waals surface area contributed by atoms with E-state index in [1.165, 1.54) is 12.1 Å². The number of aromatic nitrogens is 2. The van der Waals surface area contributed by atoms with Crippen LogP contribution in [0.3, 0.4) is 0 Å². The minimum atomic E-state index is -0.266. The molecule has 3 heteroatoms. The number of rotatable bonds is 1. The van der Waals surface area contributed by atoms with E-state index in [4.69, 9.17) is 0 Å². The zero-order chi connectivity index (χ0) is 11.0. The van der Waals surface area contributed by atoms with Gasteiger partial charge in [-0.2, -0.15) is 0 Å². The van der Waals surface area contributed by atoms with E-state index in [9.17, 15) is 4.39 Å². The van der Waals surface area contributed by atoms with Gasteiger partial charge in [0, 0.05) is 24.0 Å². The third-order valence-corrected chi connectivity index (χ3v) is 2.49. The Bertz CT molecular complexity index is 629. The molecule has 0 spiro atoms. The lowest BCUT2D eigenvalue weighted by Crippen LogP contribution is -1.82. The number of benzene rings is 1. The van der Waals surface area contributed by atoms with Gasteiger partial charge >= 0.3 is 0 Å². The van der Waals surface area contributed by atoms with Gasteiger partial charge in [0.25, 0.3) is 0 Å². The molecule has 0 aliphatic carbocycles. The van der Waals surface area contributed by atoms with Crippen molar-refractivity contribution < 1.29 is 4.39 Å². The molecule has 3 rings (SSSR count). The van der Waals surface area contributed by atoms with Gasteiger partial charge in [0.2, 0.25) is 0 Å². The smallest absolute Gasteiger partial charge is 0.140 e. The maximum atomic E-state index is 13.0. The van der Waals surface area contributed by atoms with Gasteiger partial charge in [0.1, 0.15) is 11.5 Å². The molecule has 78 valence electrons. The summed E-state index contributed by atoms with van der Waals surface area (Å²) >= 11 is 0. The molecule has 0 saturated carbocycles. The van der Waals surface area contributed by atoms with Crippen LogP contribution in [0.2, 0.25) is 0 Å². The summed E-state index contributed by atoms with van der Waals surface area (Å²) in [7, 11) is 0. The monoisotopic (exact) mass is 212 g/mol. The second kappa shape index (κ2) is 3.45. The standard InChI is InChI=1S/C13H9FN2/c14-11-6-7-16-9-12(15-13(16)8-11)10-4-2-1-3-5-10/h1-9H. The van der Waals surface area contributed by atoms with Gasteiger partial charge in [0.15, 0.2) is 0 Å². The maximum Gasteiger partial charge on any atom is 0.140 e. The van der Waals surface area contributed by atoms with Crippen molar-refractivity contribution in [1.29, 1.82) is 0 Å². The van der Waals surface area contributed by atoms with Crippen molar-refractivity contribution in [3.8, 4) is 11.3 Å². The summed E-state index contributed by atoms with van der Waals surface area (Å²) < 4.78 is 14.8. The molecule has 1 aromatic carbocycles. The first-order valence-corrected chi connectivity index (χ1v) is 5.02. The van der Waals surface area contributed by atoms with Crippen LogP contribution in [0.1, 0.15) is 0 Å². The number of imidazole rings is 1. The molecule has 0 radical (unpaired) electrons. The largest absolute Gasteiger partial charge is 0.306 e. The Balaban J connectivity index is 2.19. The molecule has 0 aliphatic rings. The molecule has 0 aliphatic heterocycles. The third-order valence-electron chi connectivity index (χ3n) is 2.49. The van der Waals surface area contributed by atoms with E-state index in [2.05, 4.69) is 4.98 Å². The van der Waals surface area contributed by atoms with Crippen LogP contribution >= 0.6 is 0 Å². The lowest BCUT2D eigenvalue weighted by atomic mass is 10.2. The molecule has 0 fully saturated rings. The number of hydrogen-bond acceptors (Lipinski definition) is 1. The summed E-state index contributed by atoms with van der Waals surface area (Å²) in [6, 6.07) is 12.7. The normalized spacial score (nSPS) is 10.8. The molecule has 2 aromatic heterocycles. The second-order valence-electron chi connectivity index (χ2n) is 3.60. The van der Waals surface area contributed by atoms with Gasteiger partial charge in [-0.25, -0.2) is 9.37 Å². The number of halogens is 1. The molecular formula is C13H9FN2. The van der Waals surface area contributed by atoms with Crippen LogP contribution in [0, 0.1) is 5.82 Å². The zero-order valence-electron chi connectivity index (χ0n) is 8.47. The lowest BCUT2D eigenvalue weighted by molar-refractivity contribution is 0.626. The Morgan fingerprint density at radius 3 is 2.69 bits per heavy atom. The summed E-state index contributed by atoms with van der Waals surface area (Å²) in [5.41, 5.74) is 2.51. The highest BCUT2D eigenvalue weighted by atomic mass is 19.1.